The van der Waals surface area contributed by atoms with E-state index in [1.165, 1.54) is 11.8 Å². The van der Waals surface area contributed by atoms with Crippen LogP contribution in [0.3, 0.4) is 0 Å². The second kappa shape index (κ2) is 10.2. The monoisotopic (exact) mass is 426 g/mol. The molecular weight excluding hydrogens is 400 g/mol. The number of hydrogen-bond acceptors (Lipinski definition) is 6. The van der Waals surface area contributed by atoms with Gasteiger partial charge in [-0.1, -0.05) is 17.8 Å². The molecule has 0 unspecified atom stereocenters. The first-order chi connectivity index (χ1) is 14.5. The number of amides is 1. The highest BCUT2D eigenvalue weighted by atomic mass is 32.2. The summed E-state index contributed by atoms with van der Waals surface area (Å²) in [7, 11) is 4.86. The lowest BCUT2D eigenvalue weighted by molar-refractivity contribution is -0.118. The van der Waals surface area contributed by atoms with E-state index in [0.717, 1.165) is 32.8 Å². The highest BCUT2D eigenvalue weighted by Gasteiger charge is 2.09. The number of nitrogens with one attached hydrogen (secondary N) is 1. The average Bonchev–Trinajstić information content (AvgIpc) is 2.77. The molecule has 7 heteroatoms. The molecule has 0 spiro atoms. The maximum atomic E-state index is 12.3. The Bertz CT molecular complexity index is 1040. The maximum absolute atomic E-state index is 12.3. The molecule has 0 saturated carbocycles. The van der Waals surface area contributed by atoms with E-state index in [0.29, 0.717) is 30.2 Å². The fraction of sp³-hybridized carbons (Fsp3) is 0.304. The van der Waals surface area contributed by atoms with Gasteiger partial charge in [0, 0.05) is 18.0 Å². The van der Waals surface area contributed by atoms with Gasteiger partial charge in [-0.2, -0.15) is 0 Å². The van der Waals surface area contributed by atoms with Gasteiger partial charge in [-0.3, -0.25) is 4.79 Å². The maximum Gasteiger partial charge on any atom is 0.230 e. The zero-order valence-electron chi connectivity index (χ0n) is 17.7. The minimum absolute atomic E-state index is 0.0209. The summed E-state index contributed by atoms with van der Waals surface area (Å²) in [6, 6.07) is 13.7. The Kier molecular flexibility index (Phi) is 7.41. The van der Waals surface area contributed by atoms with Gasteiger partial charge in [-0.05, 0) is 54.8 Å². The van der Waals surface area contributed by atoms with Gasteiger partial charge in [0.1, 0.15) is 10.8 Å². The number of ether oxygens (including phenoxy) is 3. The molecule has 0 aliphatic heterocycles. The van der Waals surface area contributed by atoms with E-state index in [1.54, 1.807) is 21.3 Å². The van der Waals surface area contributed by atoms with E-state index in [9.17, 15) is 4.79 Å². The fourth-order valence-electron chi connectivity index (χ4n) is 3.08. The van der Waals surface area contributed by atoms with Crippen LogP contribution in [0, 0.1) is 6.92 Å². The SMILES string of the molecule is COc1ccc2cc(C)c(SCC(=O)NCCc3ccc(OC)c(OC)c3)nc2c1. The van der Waals surface area contributed by atoms with E-state index < -0.39 is 0 Å². The Morgan fingerprint density at radius 1 is 1.00 bits per heavy atom. The summed E-state index contributed by atoms with van der Waals surface area (Å²) in [5, 5.41) is 4.87. The van der Waals surface area contributed by atoms with Gasteiger partial charge in [0.25, 0.3) is 0 Å². The van der Waals surface area contributed by atoms with Crippen LogP contribution in [0.5, 0.6) is 17.2 Å². The number of thioether (sulfide) groups is 1. The molecule has 2 aromatic carbocycles. The predicted molar refractivity (Wildman–Crippen MR) is 120 cm³/mol. The zero-order chi connectivity index (χ0) is 21.5. The summed E-state index contributed by atoms with van der Waals surface area (Å²) in [5.74, 6) is 2.44. The number of pyridine rings is 1. The third-order valence-corrected chi connectivity index (χ3v) is 5.79. The third-order valence-electron chi connectivity index (χ3n) is 4.69. The summed E-state index contributed by atoms with van der Waals surface area (Å²) < 4.78 is 15.8. The third kappa shape index (κ3) is 5.36. The van der Waals surface area contributed by atoms with Crippen molar-refractivity contribution in [2.75, 3.05) is 33.6 Å². The molecule has 1 heterocycles. The number of benzene rings is 2. The Balaban J connectivity index is 1.54. The van der Waals surface area contributed by atoms with Crippen molar-refractivity contribution >= 4 is 28.6 Å². The number of nitrogens with zero attached hydrogens (tertiary/aromatic N) is 1. The number of aryl methyl sites for hydroxylation is 1. The van der Waals surface area contributed by atoms with Crippen molar-refractivity contribution in [2.45, 2.75) is 18.4 Å². The highest BCUT2D eigenvalue weighted by Crippen LogP contribution is 2.28. The Morgan fingerprint density at radius 2 is 1.80 bits per heavy atom. The van der Waals surface area contributed by atoms with E-state index >= 15 is 0 Å². The van der Waals surface area contributed by atoms with Crippen LogP contribution >= 0.6 is 11.8 Å². The van der Waals surface area contributed by atoms with Crippen molar-refractivity contribution < 1.29 is 19.0 Å². The molecule has 1 N–H and O–H groups in total. The fourth-order valence-corrected chi connectivity index (χ4v) is 3.89. The number of hydrogen-bond donors (Lipinski definition) is 1. The molecule has 0 saturated heterocycles. The van der Waals surface area contributed by atoms with Crippen molar-refractivity contribution in [3.8, 4) is 17.2 Å². The molecule has 1 aromatic heterocycles. The summed E-state index contributed by atoms with van der Waals surface area (Å²) in [6.45, 7) is 2.56. The lowest BCUT2D eigenvalue weighted by Crippen LogP contribution is -2.27. The molecule has 3 aromatic rings. The molecule has 0 fully saturated rings. The van der Waals surface area contributed by atoms with Crippen LogP contribution in [-0.4, -0.2) is 44.5 Å². The van der Waals surface area contributed by atoms with E-state index in [-0.39, 0.29) is 5.91 Å². The molecule has 30 heavy (non-hydrogen) atoms. The van der Waals surface area contributed by atoms with Crippen molar-refractivity contribution in [2.24, 2.45) is 0 Å². The van der Waals surface area contributed by atoms with Crippen molar-refractivity contribution in [1.82, 2.24) is 10.3 Å². The molecule has 3 rings (SSSR count). The average molecular weight is 427 g/mol. The van der Waals surface area contributed by atoms with Crippen LogP contribution in [0.2, 0.25) is 0 Å². The van der Waals surface area contributed by atoms with Gasteiger partial charge in [0.2, 0.25) is 5.91 Å². The Hall–Kier alpha value is -2.93. The van der Waals surface area contributed by atoms with Gasteiger partial charge in [0.15, 0.2) is 11.5 Å². The first-order valence-electron chi connectivity index (χ1n) is 9.60. The van der Waals surface area contributed by atoms with Crippen molar-refractivity contribution in [3.63, 3.8) is 0 Å². The Morgan fingerprint density at radius 3 is 2.53 bits per heavy atom. The molecule has 0 radical (unpaired) electrons. The van der Waals surface area contributed by atoms with E-state index in [4.69, 9.17) is 19.2 Å². The van der Waals surface area contributed by atoms with Crippen LogP contribution in [0.25, 0.3) is 10.9 Å². The summed E-state index contributed by atoms with van der Waals surface area (Å²) in [6.07, 6.45) is 0.712. The van der Waals surface area contributed by atoms with Crippen LogP contribution in [0.15, 0.2) is 47.5 Å². The largest absolute Gasteiger partial charge is 0.497 e. The van der Waals surface area contributed by atoms with E-state index in [2.05, 4.69) is 11.4 Å². The normalized spacial score (nSPS) is 10.7. The quantitative estimate of drug-likeness (QED) is 0.521. The highest BCUT2D eigenvalue weighted by molar-refractivity contribution is 7.99. The van der Waals surface area contributed by atoms with Gasteiger partial charge in [0.05, 0.1) is 32.6 Å². The number of methoxy groups -OCH3 is 3. The molecule has 0 bridgehead atoms. The van der Waals surface area contributed by atoms with Crippen LogP contribution in [-0.2, 0) is 11.2 Å². The van der Waals surface area contributed by atoms with Crippen molar-refractivity contribution in [1.29, 1.82) is 0 Å². The second-order valence-electron chi connectivity index (χ2n) is 6.75. The molecule has 1 amide bonds. The van der Waals surface area contributed by atoms with Crippen LogP contribution in [0.4, 0.5) is 0 Å². The predicted octanol–water partition coefficient (Wildman–Crippen LogP) is 4.02. The minimum atomic E-state index is -0.0209. The summed E-state index contributed by atoms with van der Waals surface area (Å²) in [5.41, 5.74) is 2.98. The van der Waals surface area contributed by atoms with Gasteiger partial charge < -0.3 is 19.5 Å². The lowest BCUT2D eigenvalue weighted by atomic mass is 10.1. The van der Waals surface area contributed by atoms with Gasteiger partial charge >= 0.3 is 0 Å². The molecule has 0 aliphatic rings. The standard InChI is InChI=1S/C23H26N2O4S/c1-15-11-17-6-7-18(27-2)13-19(17)25-23(15)30-14-22(26)24-10-9-16-5-8-20(28-3)21(12-16)29-4/h5-8,11-13H,9-10,14H2,1-4H3,(H,24,26). The summed E-state index contributed by atoms with van der Waals surface area (Å²) in [4.78, 5) is 17.0. The van der Waals surface area contributed by atoms with Crippen LogP contribution < -0.4 is 19.5 Å². The number of rotatable bonds is 9. The zero-order valence-corrected chi connectivity index (χ0v) is 18.5. The first kappa shape index (κ1) is 21.8. The first-order valence-corrected chi connectivity index (χ1v) is 10.6. The van der Waals surface area contributed by atoms with E-state index in [1.807, 2.05) is 43.3 Å². The minimum Gasteiger partial charge on any atom is -0.497 e. The lowest BCUT2D eigenvalue weighted by Gasteiger charge is -2.10. The molecular formula is C23H26N2O4S. The number of fused-ring (bicyclic) bond motifs is 1. The number of carbonyl (C=O) groups excluding carboxylic acids is 1. The molecule has 0 atom stereocenters. The van der Waals surface area contributed by atoms with Crippen LogP contribution in [0.1, 0.15) is 11.1 Å². The smallest absolute Gasteiger partial charge is 0.230 e. The molecule has 0 aliphatic carbocycles. The topological polar surface area (TPSA) is 69.7 Å². The number of aromatic nitrogens is 1. The molecule has 6 nitrogen and oxygen atoms in total. The van der Waals surface area contributed by atoms with Gasteiger partial charge in [-0.25, -0.2) is 4.98 Å². The summed E-state index contributed by atoms with van der Waals surface area (Å²) >= 11 is 1.44. The van der Waals surface area contributed by atoms with Gasteiger partial charge in [-0.15, -0.1) is 0 Å². The number of carbonyl (C=O) groups is 1. The van der Waals surface area contributed by atoms with Crippen molar-refractivity contribution in [3.05, 3.63) is 53.6 Å². The molecule has 158 valence electrons. The Labute approximate surface area is 180 Å². The second-order valence-corrected chi connectivity index (χ2v) is 7.71.